The smallest absolute Gasteiger partial charge is 0.165 e. The summed E-state index contributed by atoms with van der Waals surface area (Å²) in [5, 5.41) is 0.948. The third-order valence-electron chi connectivity index (χ3n) is 1.05. The Morgan fingerprint density at radius 2 is 2.55 bits per heavy atom. The van der Waals surface area contributed by atoms with E-state index in [1.165, 1.54) is 0 Å². The molecule has 1 heterocycles. The SMILES string of the molecule is ClC/C=C/CSc1ncc[nH]1. The lowest BCUT2D eigenvalue weighted by molar-refractivity contribution is 1.06. The lowest BCUT2D eigenvalue weighted by Crippen LogP contribution is -1.75. The van der Waals surface area contributed by atoms with E-state index in [0.717, 1.165) is 10.9 Å². The van der Waals surface area contributed by atoms with Crippen molar-refractivity contribution < 1.29 is 0 Å². The first-order valence-corrected chi connectivity index (χ1v) is 4.78. The molecular weight excluding hydrogens is 180 g/mol. The minimum Gasteiger partial charge on any atom is -0.340 e. The predicted molar refractivity (Wildman–Crippen MR) is 49.2 cm³/mol. The Labute approximate surface area is 75.1 Å². The van der Waals surface area contributed by atoms with Gasteiger partial charge in [-0.3, -0.25) is 0 Å². The number of halogens is 1. The van der Waals surface area contributed by atoms with Gasteiger partial charge >= 0.3 is 0 Å². The molecular formula is C7H9ClN2S. The number of nitrogens with zero attached hydrogens (tertiary/aromatic N) is 1. The van der Waals surface area contributed by atoms with Crippen LogP contribution in [0.25, 0.3) is 0 Å². The van der Waals surface area contributed by atoms with Gasteiger partial charge in [-0.25, -0.2) is 4.98 Å². The molecule has 0 bridgehead atoms. The molecule has 0 aliphatic rings. The summed E-state index contributed by atoms with van der Waals surface area (Å²) in [6.07, 6.45) is 7.51. The summed E-state index contributed by atoms with van der Waals surface area (Å²) >= 11 is 7.10. The molecule has 0 spiro atoms. The highest BCUT2D eigenvalue weighted by Gasteiger charge is 1.90. The second kappa shape index (κ2) is 5.27. The molecule has 0 fully saturated rings. The molecule has 0 unspecified atom stereocenters. The molecule has 0 amide bonds. The van der Waals surface area contributed by atoms with Crippen LogP contribution in [-0.4, -0.2) is 21.6 Å². The maximum Gasteiger partial charge on any atom is 0.165 e. The highest BCUT2D eigenvalue weighted by atomic mass is 35.5. The van der Waals surface area contributed by atoms with Gasteiger partial charge in [-0.15, -0.1) is 11.6 Å². The van der Waals surface area contributed by atoms with Crippen LogP contribution in [0.3, 0.4) is 0 Å². The van der Waals surface area contributed by atoms with Crippen molar-refractivity contribution in [2.75, 3.05) is 11.6 Å². The van der Waals surface area contributed by atoms with E-state index in [1.807, 2.05) is 18.3 Å². The Morgan fingerprint density at radius 3 is 3.18 bits per heavy atom. The van der Waals surface area contributed by atoms with Crippen molar-refractivity contribution in [1.82, 2.24) is 9.97 Å². The van der Waals surface area contributed by atoms with Gasteiger partial charge in [-0.2, -0.15) is 0 Å². The van der Waals surface area contributed by atoms with Gasteiger partial charge in [0.25, 0.3) is 0 Å². The normalized spacial score (nSPS) is 11.0. The van der Waals surface area contributed by atoms with E-state index in [9.17, 15) is 0 Å². The van der Waals surface area contributed by atoms with Gasteiger partial charge in [-0.1, -0.05) is 23.9 Å². The van der Waals surface area contributed by atoms with Crippen molar-refractivity contribution in [2.45, 2.75) is 5.16 Å². The summed E-state index contributed by atoms with van der Waals surface area (Å²) in [6, 6.07) is 0. The van der Waals surface area contributed by atoms with E-state index in [4.69, 9.17) is 11.6 Å². The van der Waals surface area contributed by atoms with E-state index in [-0.39, 0.29) is 0 Å². The second-order valence-electron chi connectivity index (χ2n) is 1.83. The molecule has 0 saturated heterocycles. The number of hydrogen-bond acceptors (Lipinski definition) is 2. The first kappa shape index (κ1) is 8.68. The number of H-pyrrole nitrogens is 1. The van der Waals surface area contributed by atoms with Crippen LogP contribution in [0.1, 0.15) is 0 Å². The highest BCUT2D eigenvalue weighted by Crippen LogP contribution is 2.10. The van der Waals surface area contributed by atoms with Gasteiger partial charge in [0.15, 0.2) is 5.16 Å². The Hall–Kier alpha value is -0.410. The van der Waals surface area contributed by atoms with Crippen LogP contribution in [0.5, 0.6) is 0 Å². The lowest BCUT2D eigenvalue weighted by Gasteiger charge is -1.88. The number of thioether (sulfide) groups is 1. The molecule has 11 heavy (non-hydrogen) atoms. The van der Waals surface area contributed by atoms with Gasteiger partial charge in [0.05, 0.1) is 0 Å². The Morgan fingerprint density at radius 1 is 1.64 bits per heavy atom. The van der Waals surface area contributed by atoms with E-state index < -0.39 is 0 Å². The molecule has 0 saturated carbocycles. The molecule has 0 aliphatic carbocycles. The average molecular weight is 189 g/mol. The standard InChI is InChI=1S/C7H9ClN2S/c8-3-1-2-6-11-7-9-4-5-10-7/h1-2,4-5H,3,6H2,(H,9,10)/b2-1+. The van der Waals surface area contributed by atoms with Crippen molar-refractivity contribution in [1.29, 1.82) is 0 Å². The second-order valence-corrected chi connectivity index (χ2v) is 3.15. The Kier molecular flexibility index (Phi) is 4.16. The Balaban J connectivity index is 2.19. The third kappa shape index (κ3) is 3.49. The molecule has 0 radical (unpaired) electrons. The van der Waals surface area contributed by atoms with Crippen LogP contribution in [0.4, 0.5) is 0 Å². The Bertz CT molecular complexity index is 208. The molecule has 1 N–H and O–H groups in total. The van der Waals surface area contributed by atoms with Crippen molar-refractivity contribution >= 4 is 23.4 Å². The van der Waals surface area contributed by atoms with Crippen molar-refractivity contribution in [3.8, 4) is 0 Å². The predicted octanol–water partition coefficient (Wildman–Crippen LogP) is 2.30. The first-order chi connectivity index (χ1) is 5.43. The van der Waals surface area contributed by atoms with Crippen LogP contribution in [0, 0.1) is 0 Å². The lowest BCUT2D eigenvalue weighted by atomic mass is 10.6. The van der Waals surface area contributed by atoms with Crippen LogP contribution >= 0.6 is 23.4 Å². The summed E-state index contributed by atoms with van der Waals surface area (Å²) in [7, 11) is 0. The molecule has 1 rings (SSSR count). The summed E-state index contributed by atoms with van der Waals surface area (Å²) < 4.78 is 0. The van der Waals surface area contributed by atoms with Crippen LogP contribution < -0.4 is 0 Å². The summed E-state index contributed by atoms with van der Waals surface area (Å²) in [5.74, 6) is 1.50. The number of imidazole rings is 1. The fourth-order valence-corrected chi connectivity index (χ4v) is 1.39. The molecule has 1 aromatic rings. The van der Waals surface area contributed by atoms with Gasteiger partial charge in [-0.05, 0) is 0 Å². The molecule has 60 valence electrons. The van der Waals surface area contributed by atoms with Crippen molar-refractivity contribution in [2.24, 2.45) is 0 Å². The quantitative estimate of drug-likeness (QED) is 0.446. The fraction of sp³-hybridized carbons (Fsp3) is 0.286. The van der Waals surface area contributed by atoms with E-state index in [0.29, 0.717) is 5.88 Å². The number of aromatic amines is 1. The monoisotopic (exact) mass is 188 g/mol. The highest BCUT2D eigenvalue weighted by molar-refractivity contribution is 7.99. The molecule has 2 nitrogen and oxygen atoms in total. The number of allylic oxidation sites excluding steroid dienone is 1. The van der Waals surface area contributed by atoms with Gasteiger partial charge in [0.1, 0.15) is 0 Å². The zero-order valence-corrected chi connectivity index (χ0v) is 7.53. The van der Waals surface area contributed by atoms with Crippen molar-refractivity contribution in [3.63, 3.8) is 0 Å². The molecule has 1 aromatic heterocycles. The fourth-order valence-electron chi connectivity index (χ4n) is 0.588. The maximum absolute atomic E-state index is 5.44. The molecule has 0 aliphatic heterocycles. The molecule has 4 heteroatoms. The van der Waals surface area contributed by atoms with E-state index in [1.54, 1.807) is 18.0 Å². The number of nitrogens with one attached hydrogen (secondary N) is 1. The number of rotatable bonds is 4. The van der Waals surface area contributed by atoms with Crippen LogP contribution in [0.15, 0.2) is 29.7 Å². The summed E-state index contributed by atoms with van der Waals surface area (Å²) in [5.41, 5.74) is 0. The number of alkyl halides is 1. The van der Waals surface area contributed by atoms with E-state index >= 15 is 0 Å². The first-order valence-electron chi connectivity index (χ1n) is 3.26. The van der Waals surface area contributed by atoms with Crippen LogP contribution in [-0.2, 0) is 0 Å². The van der Waals surface area contributed by atoms with Crippen LogP contribution in [0.2, 0.25) is 0 Å². The minimum atomic E-state index is 0.582. The summed E-state index contributed by atoms with van der Waals surface area (Å²) in [4.78, 5) is 7.05. The largest absolute Gasteiger partial charge is 0.340 e. The van der Waals surface area contributed by atoms with E-state index in [2.05, 4.69) is 9.97 Å². The number of hydrogen-bond donors (Lipinski definition) is 1. The van der Waals surface area contributed by atoms with Gasteiger partial charge in [0.2, 0.25) is 0 Å². The molecule has 0 atom stereocenters. The maximum atomic E-state index is 5.44. The minimum absolute atomic E-state index is 0.582. The zero-order chi connectivity index (χ0) is 7.94. The van der Waals surface area contributed by atoms with Crippen molar-refractivity contribution in [3.05, 3.63) is 24.5 Å². The van der Waals surface area contributed by atoms with Gasteiger partial charge in [0, 0.05) is 24.0 Å². The topological polar surface area (TPSA) is 28.7 Å². The molecule has 0 aromatic carbocycles. The zero-order valence-electron chi connectivity index (χ0n) is 5.96. The third-order valence-corrected chi connectivity index (χ3v) is 2.08. The number of aromatic nitrogens is 2. The average Bonchev–Trinajstić information content (AvgIpc) is 2.50. The summed E-state index contributed by atoms with van der Waals surface area (Å²) in [6.45, 7) is 0. The van der Waals surface area contributed by atoms with Gasteiger partial charge < -0.3 is 4.98 Å².